The second kappa shape index (κ2) is 12.5. The SMILES string of the molecule is COc1cc2nc(N3CCOCC3)nc(NC(C)Nc3cccc(C)c3)c2cc1OCCN1CCOCC1. The summed E-state index contributed by atoms with van der Waals surface area (Å²) >= 11 is 0. The summed E-state index contributed by atoms with van der Waals surface area (Å²) in [6.45, 7) is 11.8. The molecule has 0 radical (unpaired) electrons. The number of fused-ring (bicyclic) bond motifs is 1. The van der Waals surface area contributed by atoms with Crippen LogP contribution in [0.4, 0.5) is 17.5 Å². The lowest BCUT2D eigenvalue weighted by Gasteiger charge is -2.28. The number of rotatable bonds is 10. The minimum Gasteiger partial charge on any atom is -0.493 e. The summed E-state index contributed by atoms with van der Waals surface area (Å²) in [5.41, 5.74) is 3.05. The van der Waals surface area contributed by atoms with Crippen molar-refractivity contribution in [2.45, 2.75) is 20.0 Å². The van der Waals surface area contributed by atoms with Gasteiger partial charge in [-0.05, 0) is 37.6 Å². The minimum atomic E-state index is -0.0831. The van der Waals surface area contributed by atoms with Crippen molar-refractivity contribution in [1.82, 2.24) is 14.9 Å². The summed E-state index contributed by atoms with van der Waals surface area (Å²) < 4.78 is 22.9. The Labute approximate surface area is 224 Å². The van der Waals surface area contributed by atoms with Crippen LogP contribution in [0.2, 0.25) is 0 Å². The van der Waals surface area contributed by atoms with Crippen molar-refractivity contribution >= 4 is 28.4 Å². The molecule has 1 atom stereocenters. The topological polar surface area (TPSA) is 93.2 Å². The Balaban J connectivity index is 1.42. The predicted octanol–water partition coefficient (Wildman–Crippen LogP) is 3.36. The molecule has 38 heavy (non-hydrogen) atoms. The fourth-order valence-corrected chi connectivity index (χ4v) is 4.75. The number of morpholine rings is 2. The van der Waals surface area contributed by atoms with Gasteiger partial charge in [-0.3, -0.25) is 4.90 Å². The maximum Gasteiger partial charge on any atom is 0.228 e. The van der Waals surface area contributed by atoms with Crippen molar-refractivity contribution in [3.8, 4) is 11.5 Å². The summed E-state index contributed by atoms with van der Waals surface area (Å²) in [5, 5.41) is 7.97. The third kappa shape index (κ3) is 6.56. The number of ether oxygens (including phenoxy) is 4. The molecule has 0 spiro atoms. The number of aromatic nitrogens is 2. The normalized spacial score (nSPS) is 17.3. The van der Waals surface area contributed by atoms with Gasteiger partial charge in [0.15, 0.2) is 11.5 Å². The molecule has 0 amide bonds. The fourth-order valence-electron chi connectivity index (χ4n) is 4.75. The maximum absolute atomic E-state index is 6.22. The van der Waals surface area contributed by atoms with E-state index in [4.69, 9.17) is 28.9 Å². The quantitative estimate of drug-likeness (QED) is 0.386. The van der Waals surface area contributed by atoms with E-state index in [1.54, 1.807) is 7.11 Å². The zero-order chi connectivity index (χ0) is 26.3. The third-order valence-electron chi connectivity index (χ3n) is 6.79. The van der Waals surface area contributed by atoms with Crippen LogP contribution in [0.3, 0.4) is 0 Å². The van der Waals surface area contributed by atoms with Gasteiger partial charge >= 0.3 is 0 Å². The fraction of sp³-hybridized carbons (Fsp3) is 0.500. The number of hydrogen-bond donors (Lipinski definition) is 2. The number of hydrogen-bond acceptors (Lipinski definition) is 10. The first-order valence-electron chi connectivity index (χ1n) is 13.3. The van der Waals surface area contributed by atoms with E-state index in [9.17, 15) is 0 Å². The van der Waals surface area contributed by atoms with Crippen LogP contribution in [0.25, 0.3) is 10.9 Å². The molecule has 2 saturated heterocycles. The molecule has 0 aliphatic carbocycles. The number of aryl methyl sites for hydroxylation is 1. The number of methoxy groups -OCH3 is 1. The van der Waals surface area contributed by atoms with Gasteiger partial charge < -0.3 is 34.5 Å². The Bertz CT molecular complexity index is 1210. The predicted molar refractivity (Wildman–Crippen MR) is 150 cm³/mol. The highest BCUT2D eigenvalue weighted by molar-refractivity contribution is 5.93. The van der Waals surface area contributed by atoms with E-state index >= 15 is 0 Å². The van der Waals surface area contributed by atoms with Gasteiger partial charge in [0.2, 0.25) is 5.95 Å². The molecule has 2 aliphatic heterocycles. The molecule has 0 saturated carbocycles. The van der Waals surface area contributed by atoms with Crippen LogP contribution < -0.4 is 25.0 Å². The largest absolute Gasteiger partial charge is 0.493 e. The Morgan fingerprint density at radius 1 is 0.947 bits per heavy atom. The zero-order valence-electron chi connectivity index (χ0n) is 22.5. The lowest BCUT2D eigenvalue weighted by molar-refractivity contribution is 0.0321. The lowest BCUT2D eigenvalue weighted by Crippen LogP contribution is -2.38. The van der Waals surface area contributed by atoms with E-state index in [1.807, 2.05) is 18.2 Å². The molecule has 1 unspecified atom stereocenters. The average molecular weight is 523 g/mol. The van der Waals surface area contributed by atoms with E-state index in [2.05, 4.69) is 52.5 Å². The molecule has 204 valence electrons. The van der Waals surface area contributed by atoms with E-state index in [0.29, 0.717) is 37.3 Å². The van der Waals surface area contributed by atoms with E-state index in [0.717, 1.165) is 68.3 Å². The first-order valence-corrected chi connectivity index (χ1v) is 13.3. The molecule has 10 heteroatoms. The summed E-state index contributed by atoms with van der Waals surface area (Å²) in [6, 6.07) is 12.2. The second-order valence-corrected chi connectivity index (χ2v) is 9.67. The highest BCUT2D eigenvalue weighted by Crippen LogP contribution is 2.35. The molecule has 3 aromatic rings. The Hall–Kier alpha value is -3.34. The Morgan fingerprint density at radius 2 is 1.71 bits per heavy atom. The van der Waals surface area contributed by atoms with E-state index < -0.39 is 0 Å². The highest BCUT2D eigenvalue weighted by atomic mass is 16.5. The summed E-state index contributed by atoms with van der Waals surface area (Å²) in [6.07, 6.45) is -0.0831. The molecule has 2 aliphatic rings. The van der Waals surface area contributed by atoms with Crippen LogP contribution in [0.5, 0.6) is 11.5 Å². The maximum atomic E-state index is 6.22. The molecule has 2 fully saturated rings. The van der Waals surface area contributed by atoms with E-state index in [-0.39, 0.29) is 6.17 Å². The molecule has 1 aromatic heterocycles. The smallest absolute Gasteiger partial charge is 0.228 e. The number of anilines is 3. The van der Waals surface area contributed by atoms with Gasteiger partial charge in [-0.1, -0.05) is 12.1 Å². The van der Waals surface area contributed by atoms with Gasteiger partial charge in [-0.15, -0.1) is 0 Å². The van der Waals surface area contributed by atoms with Gasteiger partial charge in [0, 0.05) is 49.9 Å². The van der Waals surface area contributed by atoms with Crippen LogP contribution in [0, 0.1) is 6.92 Å². The number of nitrogens with one attached hydrogen (secondary N) is 2. The van der Waals surface area contributed by atoms with Gasteiger partial charge in [-0.2, -0.15) is 4.98 Å². The van der Waals surface area contributed by atoms with Gasteiger partial charge in [0.05, 0.1) is 45.2 Å². The Kier molecular flexibility index (Phi) is 8.62. The van der Waals surface area contributed by atoms with E-state index in [1.165, 1.54) is 5.56 Å². The second-order valence-electron chi connectivity index (χ2n) is 9.67. The minimum absolute atomic E-state index is 0.0831. The molecule has 10 nitrogen and oxygen atoms in total. The van der Waals surface area contributed by atoms with Crippen molar-refractivity contribution in [3.05, 3.63) is 42.0 Å². The van der Waals surface area contributed by atoms with Gasteiger partial charge in [0.25, 0.3) is 0 Å². The van der Waals surface area contributed by atoms with Crippen LogP contribution in [0.15, 0.2) is 36.4 Å². The van der Waals surface area contributed by atoms with Crippen molar-refractivity contribution in [3.63, 3.8) is 0 Å². The monoisotopic (exact) mass is 522 g/mol. The molecule has 2 aromatic carbocycles. The molecule has 2 N–H and O–H groups in total. The van der Waals surface area contributed by atoms with Crippen molar-refractivity contribution in [2.75, 3.05) is 88.4 Å². The first kappa shape index (κ1) is 26.3. The van der Waals surface area contributed by atoms with Crippen LogP contribution in [0.1, 0.15) is 12.5 Å². The molecular weight excluding hydrogens is 484 g/mol. The van der Waals surface area contributed by atoms with Crippen molar-refractivity contribution < 1.29 is 18.9 Å². The van der Waals surface area contributed by atoms with Crippen LogP contribution in [-0.2, 0) is 9.47 Å². The molecule has 3 heterocycles. The standard InChI is InChI=1S/C28H38N6O4/c1-20-5-4-6-22(17-20)29-21(2)30-27-23-18-26(38-16-9-33-7-12-36-13-8-33)25(35-3)19-24(23)31-28(32-27)34-10-14-37-15-11-34/h4-6,17-19,21,29H,7-16H2,1-3H3,(H,30,31,32). The van der Waals surface area contributed by atoms with Crippen LogP contribution >= 0.6 is 0 Å². The zero-order valence-corrected chi connectivity index (χ0v) is 22.5. The van der Waals surface area contributed by atoms with Crippen LogP contribution in [-0.4, -0.2) is 93.9 Å². The third-order valence-corrected chi connectivity index (χ3v) is 6.79. The average Bonchev–Trinajstić information content (AvgIpc) is 2.94. The summed E-state index contributed by atoms with van der Waals surface area (Å²) in [4.78, 5) is 14.4. The molecule has 0 bridgehead atoms. The molecular formula is C28H38N6O4. The summed E-state index contributed by atoms with van der Waals surface area (Å²) in [5.74, 6) is 2.75. The Morgan fingerprint density at radius 3 is 2.45 bits per heavy atom. The number of nitrogens with zero attached hydrogens (tertiary/aromatic N) is 4. The highest BCUT2D eigenvalue weighted by Gasteiger charge is 2.20. The van der Waals surface area contributed by atoms with Gasteiger partial charge in [0.1, 0.15) is 12.4 Å². The summed E-state index contributed by atoms with van der Waals surface area (Å²) in [7, 11) is 1.66. The van der Waals surface area contributed by atoms with Crippen molar-refractivity contribution in [2.24, 2.45) is 0 Å². The number of benzene rings is 2. The lowest BCUT2D eigenvalue weighted by atomic mass is 10.2. The van der Waals surface area contributed by atoms with Gasteiger partial charge in [-0.25, -0.2) is 4.98 Å². The molecule has 5 rings (SSSR count). The first-order chi connectivity index (χ1) is 18.6. The van der Waals surface area contributed by atoms with Crippen molar-refractivity contribution in [1.29, 1.82) is 0 Å².